The van der Waals surface area contributed by atoms with Crippen LogP contribution in [0.4, 0.5) is 0 Å². The average Bonchev–Trinajstić information content (AvgIpc) is 1.84. The molecule has 0 heterocycles. The monoisotopic (exact) mass is 237 g/mol. The second kappa shape index (κ2) is 4.63. The van der Waals surface area contributed by atoms with E-state index < -0.39 is 0 Å². The van der Waals surface area contributed by atoms with Gasteiger partial charge in [-0.15, -0.1) is 0 Å². The van der Waals surface area contributed by atoms with Crippen molar-refractivity contribution in [3.8, 4) is 0 Å². The number of halogens is 1. The highest BCUT2D eigenvalue weighted by atomic mass is 79.9. The molecule has 0 aliphatic heterocycles. The van der Waals surface area contributed by atoms with Crippen LogP contribution in [0.1, 0.15) is 20.8 Å². The van der Waals surface area contributed by atoms with E-state index in [0.29, 0.717) is 5.04 Å². The first kappa shape index (κ1) is 11.7. The van der Waals surface area contributed by atoms with Gasteiger partial charge in [0.2, 0.25) is 0 Å². The molecule has 11 heavy (non-hydrogen) atoms. The van der Waals surface area contributed by atoms with Crippen molar-refractivity contribution in [1.29, 1.82) is 0 Å². The summed E-state index contributed by atoms with van der Waals surface area (Å²) in [6.45, 7) is 12.1. The Balaban J connectivity index is 3.73. The van der Waals surface area contributed by atoms with Crippen LogP contribution in [0.15, 0.2) is 0 Å². The lowest BCUT2D eigenvalue weighted by Gasteiger charge is -2.28. The van der Waals surface area contributed by atoms with E-state index in [1.165, 1.54) is 0 Å². The lowest BCUT2D eigenvalue weighted by molar-refractivity contribution is 0.108. The molecule has 0 spiro atoms. The molecule has 0 aromatic heterocycles. The molecule has 1 nitrogen and oxygen atoms in total. The van der Waals surface area contributed by atoms with Crippen molar-refractivity contribution in [2.45, 2.75) is 43.9 Å². The summed E-state index contributed by atoms with van der Waals surface area (Å²) in [5.41, 5.74) is 0. The number of alkyl halides is 1. The van der Waals surface area contributed by atoms with Crippen LogP contribution >= 0.6 is 15.9 Å². The summed E-state index contributed by atoms with van der Waals surface area (Å²) >= 11 is 3.37. The molecule has 1 unspecified atom stereocenters. The van der Waals surface area contributed by atoms with Crippen LogP contribution in [0, 0.1) is 0 Å². The molecule has 0 fully saturated rings. The van der Waals surface area contributed by atoms with Gasteiger partial charge in [-0.3, -0.25) is 0 Å². The van der Waals surface area contributed by atoms with Crippen molar-refractivity contribution in [2.75, 3.05) is 6.61 Å². The SMILES string of the molecule is CC(Br)OCC(C)(C)[Si](C)C. The molecule has 1 radical (unpaired) electrons. The Morgan fingerprint density at radius 3 is 2.18 bits per heavy atom. The fourth-order valence-corrected chi connectivity index (χ4v) is 0.972. The van der Waals surface area contributed by atoms with E-state index >= 15 is 0 Å². The van der Waals surface area contributed by atoms with Crippen molar-refractivity contribution in [3.63, 3.8) is 0 Å². The van der Waals surface area contributed by atoms with Gasteiger partial charge in [0.05, 0.1) is 15.4 Å². The molecule has 3 heteroatoms. The number of hydrogen-bond donors (Lipinski definition) is 0. The molecule has 67 valence electrons. The quantitative estimate of drug-likeness (QED) is 0.539. The lowest BCUT2D eigenvalue weighted by atomic mass is 10.2. The smallest absolute Gasteiger partial charge is 0.109 e. The van der Waals surface area contributed by atoms with Gasteiger partial charge in [-0.25, -0.2) is 0 Å². The van der Waals surface area contributed by atoms with Gasteiger partial charge in [-0.05, 0) is 12.0 Å². The maximum absolute atomic E-state index is 5.51. The Morgan fingerprint density at radius 2 is 1.91 bits per heavy atom. The minimum atomic E-state index is -0.252. The van der Waals surface area contributed by atoms with E-state index in [-0.39, 0.29) is 13.8 Å². The Morgan fingerprint density at radius 1 is 1.45 bits per heavy atom. The molecule has 0 N–H and O–H groups in total. The predicted octanol–water partition coefficient (Wildman–Crippen LogP) is 3.28. The molecule has 0 aromatic rings. The van der Waals surface area contributed by atoms with E-state index in [9.17, 15) is 0 Å². The first-order valence-corrected chi connectivity index (χ1v) is 7.34. The van der Waals surface area contributed by atoms with Gasteiger partial charge in [-0.2, -0.15) is 0 Å². The van der Waals surface area contributed by atoms with Crippen molar-refractivity contribution in [3.05, 3.63) is 0 Å². The van der Waals surface area contributed by atoms with Crippen molar-refractivity contribution in [2.24, 2.45) is 0 Å². The fraction of sp³-hybridized carbons (Fsp3) is 1.00. The van der Waals surface area contributed by atoms with Crippen LogP contribution in [-0.4, -0.2) is 20.4 Å². The molecule has 0 bridgehead atoms. The normalized spacial score (nSPS) is 15.5. The molecule has 0 amide bonds. The third-order valence-corrected chi connectivity index (χ3v) is 5.14. The zero-order chi connectivity index (χ0) is 9.07. The Bertz CT molecular complexity index is 113. The summed E-state index contributed by atoms with van der Waals surface area (Å²) in [6.07, 6.45) is 0. The van der Waals surface area contributed by atoms with E-state index in [4.69, 9.17) is 4.74 Å². The van der Waals surface area contributed by atoms with Crippen LogP contribution in [-0.2, 0) is 4.74 Å². The van der Waals surface area contributed by atoms with Crippen molar-refractivity contribution < 1.29 is 4.74 Å². The Labute approximate surface area is 80.3 Å². The summed E-state index contributed by atoms with van der Waals surface area (Å²) in [7, 11) is -0.252. The van der Waals surface area contributed by atoms with E-state index in [2.05, 4.69) is 42.9 Å². The largest absolute Gasteiger partial charge is 0.367 e. The van der Waals surface area contributed by atoms with E-state index in [1.54, 1.807) is 0 Å². The molecule has 0 aromatic carbocycles. The minimum Gasteiger partial charge on any atom is -0.367 e. The molecule has 0 rings (SSSR count). The van der Waals surface area contributed by atoms with Crippen LogP contribution < -0.4 is 0 Å². The van der Waals surface area contributed by atoms with E-state index in [1.807, 2.05) is 6.92 Å². The number of ether oxygens (including phenoxy) is 1. The Kier molecular flexibility index (Phi) is 4.90. The van der Waals surface area contributed by atoms with Crippen LogP contribution in [0.3, 0.4) is 0 Å². The fourth-order valence-electron chi connectivity index (χ4n) is 0.468. The summed E-state index contributed by atoms with van der Waals surface area (Å²) in [4.78, 5) is 0. The highest BCUT2D eigenvalue weighted by molar-refractivity contribution is 9.09. The molecular weight excluding hydrogens is 220 g/mol. The van der Waals surface area contributed by atoms with Crippen LogP contribution in [0.25, 0.3) is 0 Å². The van der Waals surface area contributed by atoms with E-state index in [0.717, 1.165) is 6.61 Å². The molecule has 0 saturated heterocycles. The Hall–Kier alpha value is 0.657. The molecule has 1 atom stereocenters. The molecule has 0 saturated carbocycles. The maximum Gasteiger partial charge on any atom is 0.109 e. The summed E-state index contributed by atoms with van der Waals surface area (Å²) in [5.74, 6) is 0. The standard InChI is InChI=1S/C8H18BrOSi/c1-7(9)10-6-8(2,3)11(4)5/h7H,6H2,1-5H3. The van der Waals surface area contributed by atoms with Crippen molar-refractivity contribution in [1.82, 2.24) is 0 Å². The third kappa shape index (κ3) is 4.99. The minimum absolute atomic E-state index is 0.183. The molecule has 0 aliphatic carbocycles. The topological polar surface area (TPSA) is 9.23 Å². The highest BCUT2D eigenvalue weighted by Crippen LogP contribution is 2.29. The maximum atomic E-state index is 5.51. The summed E-state index contributed by atoms with van der Waals surface area (Å²) in [5, 5.41) is 0.565. The van der Waals surface area contributed by atoms with Crippen LogP contribution in [0.5, 0.6) is 0 Å². The highest BCUT2D eigenvalue weighted by Gasteiger charge is 2.24. The van der Waals surface area contributed by atoms with Gasteiger partial charge in [0.1, 0.15) is 5.01 Å². The predicted molar refractivity (Wildman–Crippen MR) is 55.9 cm³/mol. The lowest BCUT2D eigenvalue weighted by Crippen LogP contribution is -2.27. The first-order valence-electron chi connectivity index (χ1n) is 3.92. The van der Waals surface area contributed by atoms with Gasteiger partial charge in [0.15, 0.2) is 0 Å². The second-order valence-corrected chi connectivity index (χ2v) is 8.38. The average molecular weight is 238 g/mol. The van der Waals surface area contributed by atoms with Gasteiger partial charge >= 0.3 is 0 Å². The number of rotatable bonds is 4. The van der Waals surface area contributed by atoms with Gasteiger partial charge in [-0.1, -0.05) is 42.9 Å². The third-order valence-electron chi connectivity index (χ3n) is 2.03. The van der Waals surface area contributed by atoms with Crippen molar-refractivity contribution >= 4 is 24.7 Å². The van der Waals surface area contributed by atoms with Gasteiger partial charge in [0, 0.05) is 0 Å². The second-order valence-electron chi connectivity index (χ2n) is 3.74. The zero-order valence-corrected chi connectivity index (χ0v) is 10.7. The number of hydrogen-bond acceptors (Lipinski definition) is 1. The first-order chi connectivity index (χ1) is 4.86. The summed E-state index contributed by atoms with van der Waals surface area (Å²) in [6, 6.07) is 0. The molecular formula is C8H18BrOSi. The zero-order valence-electron chi connectivity index (χ0n) is 8.07. The summed E-state index contributed by atoms with van der Waals surface area (Å²) < 4.78 is 5.51. The van der Waals surface area contributed by atoms with Gasteiger partial charge in [0.25, 0.3) is 0 Å². The van der Waals surface area contributed by atoms with Crippen LogP contribution in [0.2, 0.25) is 18.1 Å². The van der Waals surface area contributed by atoms with Gasteiger partial charge < -0.3 is 4.74 Å². The molecule has 0 aliphatic rings.